The van der Waals surface area contributed by atoms with Crippen LogP contribution in [0.1, 0.15) is 0 Å². The summed E-state index contributed by atoms with van der Waals surface area (Å²) < 4.78 is 8.74. The average Bonchev–Trinajstić information content (AvgIpc) is 1.41. The maximum atomic E-state index is 8.74. The fourth-order valence-electron chi connectivity index (χ4n) is 0. The first kappa shape index (κ1) is 9.04. The van der Waals surface area contributed by atoms with Crippen molar-refractivity contribution < 1.29 is 14.1 Å². The van der Waals surface area contributed by atoms with Gasteiger partial charge in [0.25, 0.3) is 0 Å². The number of nitrogens with zero attached hydrogens (tertiary/aromatic N) is 1. The van der Waals surface area contributed by atoms with Gasteiger partial charge < -0.3 is 9.59 Å². The third-order valence-electron chi connectivity index (χ3n) is 0. The van der Waals surface area contributed by atoms with Crippen molar-refractivity contribution in [3.8, 4) is 0 Å². The Bertz CT molecular complexity index is 55.1. The topological polar surface area (TPSA) is 81.3 Å². The SMILES string of the molecule is B#N.O=[Si](O)O. The maximum Gasteiger partial charge on any atom is 0.761 e. The molecule has 0 aromatic heterocycles. The minimum Gasteiger partial charge on any atom is -0.511 e. The summed E-state index contributed by atoms with van der Waals surface area (Å²) in [5, 5.41) is 6.50. The molecule has 2 N–H and O–H groups in total. The molecular weight excluding hydrogens is 101 g/mol. The quantitative estimate of drug-likeness (QED) is 0.348. The van der Waals surface area contributed by atoms with Crippen LogP contribution in [0.5, 0.6) is 0 Å². The zero-order valence-electron chi connectivity index (χ0n) is 2.83. The number of rotatable bonds is 0. The second kappa shape index (κ2) is 8.83. The summed E-state index contributed by atoms with van der Waals surface area (Å²) in [6.45, 7) is 0. The zero-order chi connectivity index (χ0) is 5.58. The molecule has 0 aliphatic heterocycles. The van der Waals surface area contributed by atoms with Gasteiger partial charge in [0, 0.05) is 0 Å². The van der Waals surface area contributed by atoms with Crippen LogP contribution < -0.4 is 0 Å². The van der Waals surface area contributed by atoms with Crippen LogP contribution in [0.15, 0.2) is 0 Å². The molecule has 0 atom stereocenters. The summed E-state index contributed by atoms with van der Waals surface area (Å²) in [4.78, 5) is 14.3. The van der Waals surface area contributed by atoms with Crippen molar-refractivity contribution in [2.24, 2.45) is 0 Å². The molecule has 0 saturated heterocycles. The molecule has 0 aromatic rings. The van der Waals surface area contributed by atoms with Crippen molar-refractivity contribution in [3.05, 3.63) is 0 Å². The Morgan fingerprint density at radius 1 is 1.50 bits per heavy atom. The molecule has 0 fully saturated rings. The summed E-state index contributed by atoms with van der Waals surface area (Å²) >= 11 is 0. The van der Waals surface area contributed by atoms with E-state index in [-0.39, 0.29) is 0 Å². The second-order valence-electron chi connectivity index (χ2n) is 0.283. The first-order chi connectivity index (χ1) is 2.73. The minimum atomic E-state index is -3.13. The van der Waals surface area contributed by atoms with E-state index in [1.165, 1.54) is 0 Å². The maximum absolute atomic E-state index is 8.74. The van der Waals surface area contributed by atoms with Crippen LogP contribution in [0.2, 0.25) is 0 Å². The van der Waals surface area contributed by atoms with E-state index in [0.29, 0.717) is 0 Å². The van der Waals surface area contributed by atoms with E-state index < -0.39 is 9.17 Å². The van der Waals surface area contributed by atoms with E-state index in [1.807, 2.05) is 0 Å². The van der Waals surface area contributed by atoms with E-state index in [0.717, 1.165) is 0 Å². The van der Waals surface area contributed by atoms with Crippen LogP contribution in [-0.2, 0) is 4.46 Å². The van der Waals surface area contributed by atoms with Crippen LogP contribution in [-0.4, -0.2) is 26.3 Å². The van der Waals surface area contributed by atoms with Gasteiger partial charge >= 0.3 is 21.8 Å². The first-order valence-electron chi connectivity index (χ1n) is 0.910. The third kappa shape index (κ3) is 52.5. The van der Waals surface area contributed by atoms with E-state index in [1.54, 1.807) is 0 Å². The van der Waals surface area contributed by atoms with Gasteiger partial charge in [-0.15, -0.1) is 0 Å². The van der Waals surface area contributed by atoms with E-state index in [2.05, 4.69) is 7.49 Å². The van der Waals surface area contributed by atoms with Crippen LogP contribution in [0.4, 0.5) is 0 Å². The molecule has 0 saturated carbocycles. The standard InChI is InChI=1S/BN.H2O3Si/c1-2;1-4(2)3/h;1-2H. The van der Waals surface area contributed by atoms with Crippen LogP contribution in [0.3, 0.4) is 0 Å². The Balaban J connectivity index is 0. The number of hydrogen-bond donors (Lipinski definition) is 2. The predicted molar refractivity (Wildman–Crippen MR) is 18.4 cm³/mol. The van der Waals surface area contributed by atoms with Crippen molar-refractivity contribution in [3.63, 3.8) is 0 Å². The third-order valence-corrected chi connectivity index (χ3v) is 0. The van der Waals surface area contributed by atoms with Crippen molar-refractivity contribution in [1.82, 2.24) is 0 Å². The molecule has 0 aromatic carbocycles. The molecule has 0 rings (SSSR count). The molecule has 0 unspecified atom stereocenters. The van der Waals surface area contributed by atoms with E-state index in [4.69, 9.17) is 19.2 Å². The fourth-order valence-corrected chi connectivity index (χ4v) is 0. The van der Waals surface area contributed by atoms with E-state index in [9.17, 15) is 0 Å². The van der Waals surface area contributed by atoms with Gasteiger partial charge in [0.1, 0.15) is 0 Å². The smallest absolute Gasteiger partial charge is 0.511 e. The largest absolute Gasteiger partial charge is 0.761 e. The van der Waals surface area contributed by atoms with Gasteiger partial charge in [0.05, 0.1) is 0 Å². The molecule has 0 spiro atoms. The van der Waals surface area contributed by atoms with Gasteiger partial charge in [-0.05, 0) is 0 Å². The average molecular weight is 103 g/mol. The van der Waals surface area contributed by atoms with Crippen LogP contribution >= 0.6 is 0 Å². The van der Waals surface area contributed by atoms with Gasteiger partial charge in [-0.25, -0.2) is 0 Å². The van der Waals surface area contributed by atoms with Crippen molar-refractivity contribution >= 4 is 16.7 Å². The Kier molecular flexibility index (Phi) is 13.3. The first-order valence-corrected chi connectivity index (χ1v) is 2.21. The van der Waals surface area contributed by atoms with Crippen molar-refractivity contribution in [2.75, 3.05) is 0 Å². The van der Waals surface area contributed by atoms with Gasteiger partial charge in [-0.3, -0.25) is 4.46 Å². The zero-order valence-corrected chi connectivity index (χ0v) is 3.83. The Labute approximate surface area is 37.0 Å². The minimum absolute atomic E-state index is 3.13. The van der Waals surface area contributed by atoms with Crippen molar-refractivity contribution in [2.45, 2.75) is 0 Å². The van der Waals surface area contributed by atoms with Gasteiger partial charge in [-0.1, -0.05) is 0 Å². The normalized spacial score (nSPS) is 4.83. The van der Waals surface area contributed by atoms with Gasteiger partial charge in [-0.2, -0.15) is 0 Å². The molecule has 0 aliphatic rings. The molecule has 0 radical (unpaired) electrons. The predicted octanol–water partition coefficient (Wildman–Crippen LogP) is -1.98. The molecule has 0 aliphatic carbocycles. The summed E-state index contributed by atoms with van der Waals surface area (Å²) in [5.74, 6) is 0. The summed E-state index contributed by atoms with van der Waals surface area (Å²) in [5.41, 5.74) is 0. The van der Waals surface area contributed by atoms with Gasteiger partial charge in [0.2, 0.25) is 0 Å². The molecule has 32 valence electrons. The molecule has 0 amide bonds. The molecular formula is H2BNO3Si. The molecule has 6 heteroatoms. The molecule has 4 nitrogen and oxygen atoms in total. The fraction of sp³-hybridized carbons (Fsp3) is 0. The summed E-state index contributed by atoms with van der Waals surface area (Å²) in [7, 11) is 0.370. The Morgan fingerprint density at radius 3 is 1.50 bits per heavy atom. The molecule has 0 bridgehead atoms. The number of hydrogen-bond acceptors (Lipinski definition) is 2. The van der Waals surface area contributed by atoms with Crippen LogP contribution in [0.25, 0.3) is 0 Å². The molecule has 6 heavy (non-hydrogen) atoms. The Hall–Kier alpha value is -0.608. The van der Waals surface area contributed by atoms with E-state index >= 15 is 0 Å². The van der Waals surface area contributed by atoms with Crippen molar-refractivity contribution in [1.29, 1.82) is 5.16 Å². The monoisotopic (exact) mass is 103 g/mol. The summed E-state index contributed by atoms with van der Waals surface area (Å²) in [6.07, 6.45) is 0. The molecule has 0 heterocycles. The van der Waals surface area contributed by atoms with Crippen LogP contribution in [0, 0.1) is 5.16 Å². The van der Waals surface area contributed by atoms with Gasteiger partial charge in [0.15, 0.2) is 0 Å². The second-order valence-corrected chi connectivity index (χ2v) is 0.848. The Morgan fingerprint density at radius 2 is 1.50 bits per heavy atom. The summed E-state index contributed by atoms with van der Waals surface area (Å²) in [6, 6.07) is 0.